The molecule has 108 valence electrons. The molecule has 4 aromatic rings. The average molecular weight is 326 g/mol. The molecule has 5 nitrogen and oxygen atoms in total. The molecule has 0 bridgehead atoms. The maximum absolute atomic E-state index is 12.4. The number of aromatic nitrogens is 3. The number of thiophene rings is 1. The van der Waals surface area contributed by atoms with Crippen molar-refractivity contribution in [1.29, 1.82) is 0 Å². The molecule has 0 aliphatic rings. The summed E-state index contributed by atoms with van der Waals surface area (Å²) in [5.41, 5.74) is 3.29. The van der Waals surface area contributed by atoms with E-state index in [2.05, 4.69) is 19.0 Å². The Labute approximate surface area is 134 Å². The highest BCUT2D eigenvalue weighted by Gasteiger charge is 2.12. The number of carbonyl (C=O) groups is 1. The standard InChI is InChI=1S/C15H10N4OS2/c1-8-2-3-9-6-13(21-15(9)16-8)14(20)17-10-4-5-11-12(7-10)19-22-18-11/h2-7H,1H3,(H,17,20). The van der Waals surface area contributed by atoms with Gasteiger partial charge in [-0.05, 0) is 37.3 Å². The summed E-state index contributed by atoms with van der Waals surface area (Å²) >= 11 is 2.56. The van der Waals surface area contributed by atoms with Crippen molar-refractivity contribution in [2.24, 2.45) is 0 Å². The molecule has 0 saturated carbocycles. The van der Waals surface area contributed by atoms with Crippen molar-refractivity contribution in [2.45, 2.75) is 6.92 Å². The Balaban J connectivity index is 1.64. The molecule has 0 saturated heterocycles. The molecule has 0 aliphatic heterocycles. The van der Waals surface area contributed by atoms with Crippen LogP contribution in [0.3, 0.4) is 0 Å². The van der Waals surface area contributed by atoms with Gasteiger partial charge in [-0.15, -0.1) is 11.3 Å². The van der Waals surface area contributed by atoms with Gasteiger partial charge in [-0.3, -0.25) is 4.79 Å². The Morgan fingerprint density at radius 2 is 1.95 bits per heavy atom. The first-order valence-electron chi connectivity index (χ1n) is 6.60. The minimum atomic E-state index is -0.136. The molecule has 7 heteroatoms. The molecule has 0 spiro atoms. The number of pyridine rings is 1. The van der Waals surface area contributed by atoms with Crippen LogP contribution in [-0.4, -0.2) is 19.6 Å². The van der Waals surface area contributed by atoms with Crippen molar-refractivity contribution in [3.8, 4) is 0 Å². The number of amides is 1. The van der Waals surface area contributed by atoms with Crippen LogP contribution in [-0.2, 0) is 0 Å². The molecule has 0 radical (unpaired) electrons. The van der Waals surface area contributed by atoms with Gasteiger partial charge in [0.05, 0.1) is 16.6 Å². The second-order valence-electron chi connectivity index (χ2n) is 4.88. The van der Waals surface area contributed by atoms with Crippen molar-refractivity contribution < 1.29 is 4.79 Å². The molecule has 0 aliphatic carbocycles. The van der Waals surface area contributed by atoms with E-state index in [1.807, 2.05) is 43.3 Å². The minimum absolute atomic E-state index is 0.136. The summed E-state index contributed by atoms with van der Waals surface area (Å²) in [6.07, 6.45) is 0. The molecule has 3 heterocycles. The predicted molar refractivity (Wildman–Crippen MR) is 89.7 cm³/mol. The van der Waals surface area contributed by atoms with Gasteiger partial charge in [0.1, 0.15) is 15.9 Å². The zero-order valence-corrected chi connectivity index (χ0v) is 13.2. The highest BCUT2D eigenvalue weighted by Crippen LogP contribution is 2.25. The third-order valence-corrected chi connectivity index (χ3v) is 4.86. The number of fused-ring (bicyclic) bond motifs is 2. The highest BCUT2D eigenvalue weighted by atomic mass is 32.1. The number of benzene rings is 1. The fraction of sp³-hybridized carbons (Fsp3) is 0.0667. The summed E-state index contributed by atoms with van der Waals surface area (Å²) < 4.78 is 8.32. The first-order valence-corrected chi connectivity index (χ1v) is 8.14. The summed E-state index contributed by atoms with van der Waals surface area (Å²) in [4.78, 5) is 18.3. The van der Waals surface area contributed by atoms with Crippen LogP contribution in [0.4, 0.5) is 5.69 Å². The molecule has 3 aromatic heterocycles. The lowest BCUT2D eigenvalue weighted by Crippen LogP contribution is -2.09. The van der Waals surface area contributed by atoms with Crippen LogP contribution >= 0.6 is 23.1 Å². The summed E-state index contributed by atoms with van der Waals surface area (Å²) in [5.74, 6) is -0.136. The van der Waals surface area contributed by atoms with Crippen molar-refractivity contribution in [3.05, 3.63) is 47.0 Å². The van der Waals surface area contributed by atoms with Crippen LogP contribution in [0.5, 0.6) is 0 Å². The number of aryl methyl sites for hydroxylation is 1. The number of rotatable bonds is 2. The molecule has 22 heavy (non-hydrogen) atoms. The summed E-state index contributed by atoms with van der Waals surface area (Å²) in [6, 6.07) is 11.3. The molecule has 1 N–H and O–H groups in total. The number of hydrogen-bond acceptors (Lipinski definition) is 6. The number of anilines is 1. The van der Waals surface area contributed by atoms with E-state index in [1.54, 1.807) is 0 Å². The lowest BCUT2D eigenvalue weighted by Gasteiger charge is -2.02. The van der Waals surface area contributed by atoms with Crippen LogP contribution in [0, 0.1) is 6.92 Å². The van der Waals surface area contributed by atoms with E-state index < -0.39 is 0 Å². The predicted octanol–water partition coefficient (Wildman–Crippen LogP) is 3.86. The van der Waals surface area contributed by atoms with Crippen molar-refractivity contribution >= 4 is 55.9 Å². The topological polar surface area (TPSA) is 67.8 Å². The number of hydrogen-bond donors (Lipinski definition) is 1. The minimum Gasteiger partial charge on any atom is -0.321 e. The smallest absolute Gasteiger partial charge is 0.265 e. The van der Waals surface area contributed by atoms with Gasteiger partial charge in [-0.2, -0.15) is 8.75 Å². The Hall–Kier alpha value is -2.38. The number of nitrogens with one attached hydrogen (secondary N) is 1. The quantitative estimate of drug-likeness (QED) is 0.607. The van der Waals surface area contributed by atoms with Gasteiger partial charge in [0.2, 0.25) is 0 Å². The molecule has 1 amide bonds. The van der Waals surface area contributed by atoms with E-state index in [0.717, 1.165) is 38.7 Å². The summed E-state index contributed by atoms with van der Waals surface area (Å²) in [7, 11) is 0. The van der Waals surface area contributed by atoms with Gasteiger partial charge in [-0.25, -0.2) is 4.98 Å². The van der Waals surface area contributed by atoms with Crippen molar-refractivity contribution in [1.82, 2.24) is 13.7 Å². The number of nitrogens with zero attached hydrogens (tertiary/aromatic N) is 3. The van der Waals surface area contributed by atoms with Gasteiger partial charge in [0.15, 0.2) is 0 Å². The Morgan fingerprint density at radius 3 is 2.86 bits per heavy atom. The second kappa shape index (κ2) is 5.11. The molecule has 4 rings (SSSR count). The highest BCUT2D eigenvalue weighted by molar-refractivity contribution is 7.20. The first kappa shape index (κ1) is 13.3. The van der Waals surface area contributed by atoms with Crippen LogP contribution in [0.1, 0.15) is 15.4 Å². The maximum Gasteiger partial charge on any atom is 0.265 e. The molecule has 1 aromatic carbocycles. The van der Waals surface area contributed by atoms with E-state index in [1.165, 1.54) is 11.3 Å². The van der Waals surface area contributed by atoms with Crippen LogP contribution in [0.2, 0.25) is 0 Å². The average Bonchev–Trinajstić information content (AvgIpc) is 3.12. The molecule has 0 atom stereocenters. The maximum atomic E-state index is 12.4. The van der Waals surface area contributed by atoms with Crippen molar-refractivity contribution in [2.75, 3.05) is 5.32 Å². The second-order valence-corrected chi connectivity index (χ2v) is 6.44. The monoisotopic (exact) mass is 326 g/mol. The van der Waals surface area contributed by atoms with Gasteiger partial charge >= 0.3 is 0 Å². The molecular weight excluding hydrogens is 316 g/mol. The van der Waals surface area contributed by atoms with Crippen LogP contribution < -0.4 is 5.32 Å². The number of carbonyl (C=O) groups excluding carboxylic acids is 1. The van der Waals surface area contributed by atoms with E-state index in [4.69, 9.17) is 0 Å². The Bertz CT molecular complexity index is 1010. The summed E-state index contributed by atoms with van der Waals surface area (Å²) in [5, 5.41) is 3.88. The lowest BCUT2D eigenvalue weighted by molar-refractivity contribution is 0.103. The van der Waals surface area contributed by atoms with E-state index in [9.17, 15) is 4.79 Å². The molecule has 0 unspecified atom stereocenters. The third-order valence-electron chi connectivity index (χ3n) is 3.26. The first-order chi connectivity index (χ1) is 10.7. The van der Waals surface area contributed by atoms with E-state index in [-0.39, 0.29) is 5.91 Å². The third kappa shape index (κ3) is 2.34. The zero-order chi connectivity index (χ0) is 15.1. The van der Waals surface area contributed by atoms with Gasteiger partial charge in [-0.1, -0.05) is 6.07 Å². The van der Waals surface area contributed by atoms with Crippen LogP contribution in [0.25, 0.3) is 21.3 Å². The van der Waals surface area contributed by atoms with Gasteiger partial charge < -0.3 is 5.32 Å². The fourth-order valence-corrected chi connectivity index (χ4v) is 3.66. The lowest BCUT2D eigenvalue weighted by atomic mass is 10.2. The molecular formula is C15H10N4OS2. The van der Waals surface area contributed by atoms with Gasteiger partial charge in [0, 0.05) is 16.8 Å². The summed E-state index contributed by atoms with van der Waals surface area (Å²) in [6.45, 7) is 1.94. The Kier molecular flexibility index (Phi) is 3.09. The van der Waals surface area contributed by atoms with Gasteiger partial charge in [0.25, 0.3) is 5.91 Å². The van der Waals surface area contributed by atoms with E-state index >= 15 is 0 Å². The van der Waals surface area contributed by atoms with E-state index in [0.29, 0.717) is 10.6 Å². The SMILES string of the molecule is Cc1ccc2cc(C(=O)Nc3ccc4nsnc4c3)sc2n1. The normalized spacial score (nSPS) is 11.1. The zero-order valence-electron chi connectivity index (χ0n) is 11.5. The van der Waals surface area contributed by atoms with Crippen LogP contribution in [0.15, 0.2) is 36.4 Å². The van der Waals surface area contributed by atoms with Crippen molar-refractivity contribution in [3.63, 3.8) is 0 Å². The molecule has 0 fully saturated rings. The Morgan fingerprint density at radius 1 is 1.09 bits per heavy atom. The fourth-order valence-electron chi connectivity index (χ4n) is 2.17. The largest absolute Gasteiger partial charge is 0.321 e.